The average molecular weight is 276 g/mol. The molecule has 1 aliphatic rings. The molecule has 2 rings (SSSR count). The molecule has 2 heterocycles. The molecule has 18 heavy (non-hydrogen) atoms. The number of aliphatic hydroxyl groups excluding tert-OH is 3. The molecule has 1 aromatic rings. The Labute approximate surface area is 108 Å². The largest absolute Gasteiger partial charge is 0.394 e. The first-order valence-electron chi connectivity index (χ1n) is 5.52. The van der Waals surface area contributed by atoms with Crippen LogP contribution in [-0.2, 0) is 4.74 Å². The van der Waals surface area contributed by atoms with Crippen LogP contribution in [-0.4, -0.2) is 69.3 Å². The highest BCUT2D eigenvalue weighted by molar-refractivity contribution is 7.09. The Hall–Kier alpha value is -1.00. The lowest BCUT2D eigenvalue weighted by molar-refractivity contribution is -0.152. The highest BCUT2D eigenvalue weighted by Gasteiger charge is 2.38. The minimum Gasteiger partial charge on any atom is -0.394 e. The van der Waals surface area contributed by atoms with Crippen molar-refractivity contribution >= 4 is 22.6 Å². The molecule has 4 atom stereocenters. The SMILES string of the molecule is CNc1nsc(N[C@@H]2CO[C@H](CO)[C@H](O)[C@@H]2O)n1. The molecule has 0 unspecified atom stereocenters. The third-order valence-electron chi connectivity index (χ3n) is 2.77. The zero-order valence-electron chi connectivity index (χ0n) is 9.78. The number of rotatable bonds is 4. The van der Waals surface area contributed by atoms with Gasteiger partial charge in [-0.25, -0.2) is 0 Å². The van der Waals surface area contributed by atoms with Crippen LogP contribution in [0.15, 0.2) is 0 Å². The third kappa shape index (κ3) is 2.70. The first-order valence-corrected chi connectivity index (χ1v) is 6.29. The molecule has 9 heteroatoms. The quantitative estimate of drug-likeness (QED) is 0.449. The maximum atomic E-state index is 9.90. The summed E-state index contributed by atoms with van der Waals surface area (Å²) in [5.41, 5.74) is 0. The van der Waals surface area contributed by atoms with E-state index >= 15 is 0 Å². The standard InChI is InChI=1S/C9H16N4O4S/c1-10-8-12-9(18-13-8)11-4-3-17-5(2-14)7(16)6(4)15/h4-7,14-16H,2-3H2,1H3,(H2,10,11,12,13)/t4-,5-,6-,7+/m1/s1. The summed E-state index contributed by atoms with van der Waals surface area (Å²) in [5, 5.41) is 34.8. The smallest absolute Gasteiger partial charge is 0.236 e. The predicted octanol–water partition coefficient (Wildman–Crippen LogP) is -1.53. The van der Waals surface area contributed by atoms with Crippen LogP contribution in [0.25, 0.3) is 0 Å². The van der Waals surface area contributed by atoms with Crippen molar-refractivity contribution in [2.45, 2.75) is 24.4 Å². The van der Waals surface area contributed by atoms with Gasteiger partial charge >= 0.3 is 0 Å². The number of aliphatic hydroxyl groups is 3. The maximum absolute atomic E-state index is 9.90. The van der Waals surface area contributed by atoms with Crippen LogP contribution in [0.5, 0.6) is 0 Å². The summed E-state index contributed by atoms with van der Waals surface area (Å²) in [5.74, 6) is 0.488. The fourth-order valence-electron chi connectivity index (χ4n) is 1.71. The van der Waals surface area contributed by atoms with E-state index in [4.69, 9.17) is 9.84 Å². The molecule has 102 valence electrons. The van der Waals surface area contributed by atoms with Crippen molar-refractivity contribution in [3.63, 3.8) is 0 Å². The maximum Gasteiger partial charge on any atom is 0.236 e. The van der Waals surface area contributed by atoms with E-state index in [0.717, 1.165) is 11.5 Å². The Morgan fingerprint density at radius 2 is 2.22 bits per heavy atom. The number of ether oxygens (including phenoxy) is 1. The van der Waals surface area contributed by atoms with Gasteiger partial charge in [-0.2, -0.15) is 9.36 Å². The summed E-state index contributed by atoms with van der Waals surface area (Å²) >= 11 is 1.15. The minimum atomic E-state index is -1.13. The Morgan fingerprint density at radius 1 is 1.44 bits per heavy atom. The van der Waals surface area contributed by atoms with E-state index in [-0.39, 0.29) is 13.2 Å². The number of aromatic nitrogens is 2. The van der Waals surface area contributed by atoms with Gasteiger partial charge in [0.05, 0.1) is 19.3 Å². The molecule has 8 nitrogen and oxygen atoms in total. The Morgan fingerprint density at radius 3 is 2.83 bits per heavy atom. The van der Waals surface area contributed by atoms with Crippen molar-refractivity contribution in [3.8, 4) is 0 Å². The number of hydrogen-bond donors (Lipinski definition) is 5. The molecule has 0 aromatic carbocycles. The molecule has 1 aromatic heterocycles. The first kappa shape index (κ1) is 13.4. The molecule has 0 spiro atoms. The normalized spacial score (nSPS) is 32.2. The van der Waals surface area contributed by atoms with Crippen LogP contribution in [0.3, 0.4) is 0 Å². The highest BCUT2D eigenvalue weighted by atomic mass is 32.1. The van der Waals surface area contributed by atoms with Gasteiger partial charge in [0.2, 0.25) is 11.1 Å². The molecule has 1 saturated heterocycles. The Balaban J connectivity index is 1.97. The van der Waals surface area contributed by atoms with Crippen LogP contribution in [0, 0.1) is 0 Å². The van der Waals surface area contributed by atoms with Crippen molar-refractivity contribution in [3.05, 3.63) is 0 Å². The predicted molar refractivity (Wildman–Crippen MR) is 65.7 cm³/mol. The zero-order chi connectivity index (χ0) is 13.1. The molecule has 1 aliphatic heterocycles. The molecule has 1 fully saturated rings. The number of nitrogens with zero attached hydrogens (tertiary/aromatic N) is 2. The van der Waals surface area contributed by atoms with Crippen LogP contribution >= 0.6 is 11.5 Å². The second-order valence-corrected chi connectivity index (χ2v) is 4.71. The first-order chi connectivity index (χ1) is 8.65. The molecule has 0 radical (unpaired) electrons. The van der Waals surface area contributed by atoms with E-state index in [9.17, 15) is 10.2 Å². The molecule has 0 bridgehead atoms. The fraction of sp³-hybridized carbons (Fsp3) is 0.778. The van der Waals surface area contributed by atoms with E-state index < -0.39 is 24.4 Å². The number of anilines is 2. The summed E-state index contributed by atoms with van der Waals surface area (Å²) in [6.07, 6.45) is -2.91. The Bertz CT molecular complexity index is 390. The van der Waals surface area contributed by atoms with Crippen molar-refractivity contribution in [1.82, 2.24) is 9.36 Å². The second-order valence-electron chi connectivity index (χ2n) is 3.96. The van der Waals surface area contributed by atoms with Gasteiger partial charge in [-0.1, -0.05) is 0 Å². The summed E-state index contributed by atoms with van der Waals surface area (Å²) in [4.78, 5) is 4.11. The van der Waals surface area contributed by atoms with E-state index in [1.54, 1.807) is 7.05 Å². The van der Waals surface area contributed by atoms with Gasteiger partial charge in [-0.05, 0) is 0 Å². The monoisotopic (exact) mass is 276 g/mol. The second kappa shape index (κ2) is 5.76. The van der Waals surface area contributed by atoms with Crippen molar-refractivity contribution in [2.75, 3.05) is 30.9 Å². The van der Waals surface area contributed by atoms with E-state index in [0.29, 0.717) is 11.1 Å². The average Bonchev–Trinajstić information content (AvgIpc) is 2.83. The zero-order valence-corrected chi connectivity index (χ0v) is 10.6. The van der Waals surface area contributed by atoms with Crippen molar-refractivity contribution in [1.29, 1.82) is 0 Å². The minimum absolute atomic E-state index is 0.178. The van der Waals surface area contributed by atoms with Gasteiger partial charge in [0.1, 0.15) is 18.3 Å². The lowest BCUT2D eigenvalue weighted by Crippen LogP contribution is -2.56. The summed E-state index contributed by atoms with van der Waals surface area (Å²) < 4.78 is 9.25. The molecular formula is C9H16N4O4S. The molecule has 0 aliphatic carbocycles. The fourth-order valence-corrected chi connectivity index (χ4v) is 2.35. The molecule has 0 amide bonds. The van der Waals surface area contributed by atoms with Crippen LogP contribution in [0.4, 0.5) is 11.1 Å². The summed E-state index contributed by atoms with van der Waals surface area (Å²) in [6.45, 7) is -0.147. The van der Waals surface area contributed by atoms with Crippen LogP contribution in [0.1, 0.15) is 0 Å². The van der Waals surface area contributed by atoms with Gasteiger partial charge in [0, 0.05) is 18.6 Å². The van der Waals surface area contributed by atoms with Gasteiger partial charge in [0.25, 0.3) is 0 Å². The number of hydrogen-bond acceptors (Lipinski definition) is 9. The van der Waals surface area contributed by atoms with Crippen molar-refractivity contribution in [2.24, 2.45) is 0 Å². The topological polar surface area (TPSA) is 120 Å². The summed E-state index contributed by atoms with van der Waals surface area (Å²) in [6, 6.07) is -0.486. The van der Waals surface area contributed by atoms with E-state index in [1.165, 1.54) is 0 Å². The van der Waals surface area contributed by atoms with Crippen molar-refractivity contribution < 1.29 is 20.1 Å². The van der Waals surface area contributed by atoms with Crippen LogP contribution in [0.2, 0.25) is 0 Å². The molecule has 5 N–H and O–H groups in total. The lowest BCUT2D eigenvalue weighted by Gasteiger charge is -2.36. The van der Waals surface area contributed by atoms with E-state index in [2.05, 4.69) is 20.0 Å². The van der Waals surface area contributed by atoms with E-state index in [1.807, 2.05) is 0 Å². The summed E-state index contributed by atoms with van der Waals surface area (Å²) in [7, 11) is 1.71. The van der Waals surface area contributed by atoms with Gasteiger partial charge in [0.15, 0.2) is 0 Å². The van der Waals surface area contributed by atoms with Gasteiger partial charge in [-0.3, -0.25) is 0 Å². The lowest BCUT2D eigenvalue weighted by atomic mass is 9.99. The Kier molecular flexibility index (Phi) is 4.30. The molecule has 0 saturated carbocycles. The van der Waals surface area contributed by atoms with Crippen LogP contribution < -0.4 is 10.6 Å². The number of nitrogens with one attached hydrogen (secondary N) is 2. The third-order valence-corrected chi connectivity index (χ3v) is 3.42. The highest BCUT2D eigenvalue weighted by Crippen LogP contribution is 2.21. The van der Waals surface area contributed by atoms with Gasteiger partial charge < -0.3 is 30.7 Å². The molecular weight excluding hydrogens is 260 g/mol. The van der Waals surface area contributed by atoms with Gasteiger partial charge in [-0.15, -0.1) is 0 Å².